The number of H-pyrrole nitrogens is 3. The maximum Gasteiger partial charge on any atom is 0.323 e. The molecule has 2 aromatic carbocycles. The van der Waals surface area contributed by atoms with E-state index in [1.165, 1.54) is 0 Å². The van der Waals surface area contributed by atoms with Crippen LogP contribution >= 0.6 is 0 Å². The van der Waals surface area contributed by atoms with Crippen molar-refractivity contribution in [3.05, 3.63) is 40.8 Å². The minimum Gasteiger partial charge on any atom is -0.493 e. The third kappa shape index (κ3) is 2.71. The van der Waals surface area contributed by atoms with Gasteiger partial charge in [0, 0.05) is 0 Å². The minimum absolute atomic E-state index is 0.0534. The number of nitrogens with one attached hydrogen (secondary N) is 3. The average molecular weight is 352 g/mol. The summed E-state index contributed by atoms with van der Waals surface area (Å²) in [6.45, 7) is 4.09. The summed E-state index contributed by atoms with van der Waals surface area (Å²) < 4.78 is 11.6. The summed E-state index contributed by atoms with van der Waals surface area (Å²) >= 11 is 0. The highest BCUT2D eigenvalue weighted by atomic mass is 16.5. The molecule has 0 saturated heterocycles. The maximum atomic E-state index is 11.5. The molecular formula is C19H20N4O3. The second-order valence-corrected chi connectivity index (χ2v) is 6.25. The van der Waals surface area contributed by atoms with Crippen LogP contribution in [0.4, 0.5) is 0 Å². The molecule has 0 amide bonds. The highest BCUT2D eigenvalue weighted by Crippen LogP contribution is 2.38. The third-order valence-corrected chi connectivity index (χ3v) is 4.47. The Morgan fingerprint density at radius 3 is 2.62 bits per heavy atom. The first-order valence-electron chi connectivity index (χ1n) is 8.54. The van der Waals surface area contributed by atoms with Gasteiger partial charge in [-0.15, -0.1) is 0 Å². The minimum atomic E-state index is -0.232. The lowest BCUT2D eigenvalue weighted by Crippen LogP contribution is -2.11. The van der Waals surface area contributed by atoms with E-state index in [9.17, 15) is 4.79 Å². The number of hydrogen-bond acceptors (Lipinski definition) is 4. The van der Waals surface area contributed by atoms with E-state index in [1.54, 1.807) is 7.11 Å². The van der Waals surface area contributed by atoms with Gasteiger partial charge in [-0.1, -0.05) is 13.0 Å². The molecule has 26 heavy (non-hydrogen) atoms. The van der Waals surface area contributed by atoms with Gasteiger partial charge in [-0.2, -0.15) is 0 Å². The molecule has 0 spiro atoms. The Kier molecular flexibility index (Phi) is 3.91. The van der Waals surface area contributed by atoms with Gasteiger partial charge in [-0.05, 0) is 37.6 Å². The second kappa shape index (κ2) is 6.25. The number of para-hydroxylation sites is 1. The van der Waals surface area contributed by atoms with Crippen LogP contribution in [0.5, 0.6) is 11.5 Å². The summed E-state index contributed by atoms with van der Waals surface area (Å²) in [6, 6.07) is 9.45. The molecule has 0 fully saturated rings. The van der Waals surface area contributed by atoms with E-state index in [1.807, 2.05) is 37.3 Å². The van der Waals surface area contributed by atoms with Crippen molar-refractivity contribution in [2.45, 2.75) is 26.4 Å². The van der Waals surface area contributed by atoms with E-state index in [2.05, 4.69) is 26.9 Å². The Morgan fingerprint density at radius 2 is 1.88 bits per heavy atom. The maximum absolute atomic E-state index is 11.5. The fourth-order valence-electron chi connectivity index (χ4n) is 2.94. The van der Waals surface area contributed by atoms with Crippen LogP contribution in [0.3, 0.4) is 0 Å². The standard InChI is InChI=1S/C19H20N4O3/c1-4-10(2)26-17-11(6-5-7-16(17)25-3)18-20-12-8-14-15(9-13(12)21-18)23-19(24)22-14/h5-10H,4H2,1-3H3,(H,20,21)(H2,22,23,24)/t10-/m1/s1. The molecule has 0 aliphatic heterocycles. The zero-order valence-corrected chi connectivity index (χ0v) is 14.8. The van der Waals surface area contributed by atoms with E-state index < -0.39 is 0 Å². The summed E-state index contributed by atoms with van der Waals surface area (Å²) in [5, 5.41) is 0. The Labute approximate surface area is 149 Å². The van der Waals surface area contributed by atoms with Crippen molar-refractivity contribution in [3.8, 4) is 22.9 Å². The highest BCUT2D eigenvalue weighted by molar-refractivity contribution is 5.92. The lowest BCUT2D eigenvalue weighted by Gasteiger charge is -2.18. The molecule has 0 unspecified atom stereocenters. The lowest BCUT2D eigenvalue weighted by atomic mass is 10.1. The molecule has 3 N–H and O–H groups in total. The summed E-state index contributed by atoms with van der Waals surface area (Å²) in [5.41, 5.74) is 3.66. The number of benzene rings is 2. The second-order valence-electron chi connectivity index (χ2n) is 6.25. The highest BCUT2D eigenvalue weighted by Gasteiger charge is 2.18. The van der Waals surface area contributed by atoms with Crippen LogP contribution in [0.25, 0.3) is 33.5 Å². The fourth-order valence-corrected chi connectivity index (χ4v) is 2.94. The third-order valence-electron chi connectivity index (χ3n) is 4.47. The summed E-state index contributed by atoms with van der Waals surface area (Å²) in [6.07, 6.45) is 0.938. The van der Waals surface area contributed by atoms with Crippen molar-refractivity contribution in [1.82, 2.24) is 19.9 Å². The molecule has 2 heterocycles. The topological polar surface area (TPSA) is 95.8 Å². The Balaban J connectivity index is 1.87. The molecule has 0 saturated carbocycles. The smallest absolute Gasteiger partial charge is 0.323 e. The SMILES string of the molecule is CC[C@@H](C)Oc1c(OC)cccc1-c1nc2cc3[nH]c(=O)[nH]c3cc2[nH]1. The number of aromatic nitrogens is 4. The number of imidazole rings is 2. The zero-order valence-electron chi connectivity index (χ0n) is 14.8. The zero-order chi connectivity index (χ0) is 18.3. The molecule has 0 bridgehead atoms. The molecule has 4 aromatic rings. The molecule has 2 aromatic heterocycles. The predicted octanol–water partition coefficient (Wildman–Crippen LogP) is 3.59. The monoisotopic (exact) mass is 352 g/mol. The number of aromatic amines is 3. The van der Waals surface area contributed by atoms with Crippen LogP contribution in [0, 0.1) is 0 Å². The van der Waals surface area contributed by atoms with E-state index >= 15 is 0 Å². The van der Waals surface area contributed by atoms with Gasteiger partial charge < -0.3 is 24.4 Å². The first-order chi connectivity index (χ1) is 12.6. The predicted molar refractivity (Wildman–Crippen MR) is 101 cm³/mol. The van der Waals surface area contributed by atoms with E-state index in [0.29, 0.717) is 17.3 Å². The molecule has 4 rings (SSSR count). The molecule has 1 atom stereocenters. The molecule has 0 aliphatic rings. The van der Waals surface area contributed by atoms with Gasteiger partial charge in [0.2, 0.25) is 0 Å². The van der Waals surface area contributed by atoms with E-state index in [-0.39, 0.29) is 11.8 Å². The number of fused-ring (bicyclic) bond motifs is 2. The van der Waals surface area contributed by atoms with Crippen molar-refractivity contribution >= 4 is 22.1 Å². The van der Waals surface area contributed by atoms with Gasteiger partial charge >= 0.3 is 5.69 Å². The number of methoxy groups -OCH3 is 1. The van der Waals surface area contributed by atoms with Gasteiger partial charge in [-0.25, -0.2) is 9.78 Å². The number of hydrogen-bond donors (Lipinski definition) is 3. The van der Waals surface area contributed by atoms with Crippen LogP contribution in [-0.2, 0) is 0 Å². The first-order valence-corrected chi connectivity index (χ1v) is 8.54. The van der Waals surface area contributed by atoms with Crippen LogP contribution in [0.15, 0.2) is 35.1 Å². The Bertz CT molecular complexity index is 1080. The normalized spacial score (nSPS) is 12.6. The lowest BCUT2D eigenvalue weighted by molar-refractivity contribution is 0.208. The first kappa shape index (κ1) is 16.3. The number of ether oxygens (including phenoxy) is 2. The van der Waals surface area contributed by atoms with Gasteiger partial charge in [0.25, 0.3) is 0 Å². The quantitative estimate of drug-likeness (QED) is 0.511. The van der Waals surface area contributed by atoms with E-state index in [4.69, 9.17) is 9.47 Å². The molecule has 7 nitrogen and oxygen atoms in total. The van der Waals surface area contributed by atoms with Crippen molar-refractivity contribution < 1.29 is 9.47 Å². The van der Waals surface area contributed by atoms with Crippen LogP contribution < -0.4 is 15.2 Å². The molecule has 134 valence electrons. The summed E-state index contributed by atoms with van der Waals surface area (Å²) in [7, 11) is 1.63. The molecule has 0 radical (unpaired) electrons. The van der Waals surface area contributed by atoms with Gasteiger partial charge in [-0.3, -0.25) is 0 Å². The Hall–Kier alpha value is -3.22. The van der Waals surface area contributed by atoms with Crippen molar-refractivity contribution in [1.29, 1.82) is 0 Å². The average Bonchev–Trinajstić information content (AvgIpc) is 3.20. The van der Waals surface area contributed by atoms with Gasteiger partial charge in [0.15, 0.2) is 11.5 Å². The number of rotatable bonds is 5. The Morgan fingerprint density at radius 1 is 1.12 bits per heavy atom. The summed E-state index contributed by atoms with van der Waals surface area (Å²) in [4.78, 5) is 25.0. The van der Waals surface area contributed by atoms with Crippen LogP contribution in [0.2, 0.25) is 0 Å². The van der Waals surface area contributed by atoms with E-state index in [0.717, 1.165) is 34.1 Å². The summed E-state index contributed by atoms with van der Waals surface area (Å²) in [5.74, 6) is 2.02. The van der Waals surface area contributed by atoms with Crippen LogP contribution in [-0.4, -0.2) is 33.1 Å². The van der Waals surface area contributed by atoms with Crippen LogP contribution in [0.1, 0.15) is 20.3 Å². The van der Waals surface area contributed by atoms with Gasteiger partial charge in [0.1, 0.15) is 5.82 Å². The van der Waals surface area contributed by atoms with Crippen molar-refractivity contribution in [2.75, 3.05) is 7.11 Å². The molecule has 0 aliphatic carbocycles. The molecular weight excluding hydrogens is 332 g/mol. The number of nitrogens with zero attached hydrogens (tertiary/aromatic N) is 1. The van der Waals surface area contributed by atoms with Crippen molar-refractivity contribution in [2.24, 2.45) is 0 Å². The van der Waals surface area contributed by atoms with Crippen molar-refractivity contribution in [3.63, 3.8) is 0 Å². The fraction of sp³-hybridized carbons (Fsp3) is 0.263. The van der Waals surface area contributed by atoms with Gasteiger partial charge in [0.05, 0.1) is 40.8 Å². The largest absolute Gasteiger partial charge is 0.493 e. The molecule has 7 heteroatoms.